The van der Waals surface area contributed by atoms with E-state index < -0.39 is 0 Å². The van der Waals surface area contributed by atoms with Crippen molar-refractivity contribution < 1.29 is 9.53 Å². The average molecular weight is 537 g/mol. The number of likely N-dealkylation sites (N-methyl/N-ethyl adjacent to an activating group) is 1. The molecule has 4 heterocycles. The van der Waals surface area contributed by atoms with E-state index in [1.165, 1.54) is 31.6 Å². The summed E-state index contributed by atoms with van der Waals surface area (Å²) in [4.78, 5) is 33.7. The second kappa shape index (κ2) is 11.6. The molecule has 1 aromatic heterocycles. The van der Waals surface area contributed by atoms with Gasteiger partial charge in [0, 0.05) is 57.1 Å². The van der Waals surface area contributed by atoms with Crippen LogP contribution in [-0.4, -0.2) is 104 Å². The van der Waals surface area contributed by atoms with Crippen molar-refractivity contribution in [3.05, 3.63) is 24.4 Å². The molecule has 0 radical (unpaired) electrons. The Morgan fingerprint density at radius 3 is 2.44 bits per heavy atom. The molecule has 2 fully saturated rings. The molecule has 3 aliphatic rings. The summed E-state index contributed by atoms with van der Waals surface area (Å²) < 4.78 is 5.79. The molecule has 1 atom stereocenters. The Morgan fingerprint density at radius 2 is 1.79 bits per heavy atom. The molecule has 39 heavy (non-hydrogen) atoms. The zero-order valence-corrected chi connectivity index (χ0v) is 24.4. The number of carbonyl (C=O) groups excluding carboxylic acids is 1. The predicted molar refractivity (Wildman–Crippen MR) is 158 cm³/mol. The van der Waals surface area contributed by atoms with Crippen molar-refractivity contribution >= 4 is 34.7 Å². The summed E-state index contributed by atoms with van der Waals surface area (Å²) in [5.41, 5.74) is 2.71. The van der Waals surface area contributed by atoms with Gasteiger partial charge in [-0.05, 0) is 65.4 Å². The molecule has 3 aliphatic heterocycles. The molecule has 1 aromatic carbocycles. The monoisotopic (exact) mass is 536 g/mol. The van der Waals surface area contributed by atoms with Gasteiger partial charge in [0.1, 0.15) is 17.5 Å². The van der Waals surface area contributed by atoms with Crippen molar-refractivity contribution in [2.45, 2.75) is 58.2 Å². The van der Waals surface area contributed by atoms with Crippen LogP contribution in [0.4, 0.5) is 28.8 Å². The van der Waals surface area contributed by atoms with Crippen molar-refractivity contribution in [2.24, 2.45) is 0 Å². The summed E-state index contributed by atoms with van der Waals surface area (Å²) >= 11 is 0. The van der Waals surface area contributed by atoms with Gasteiger partial charge >= 0.3 is 0 Å². The van der Waals surface area contributed by atoms with Crippen molar-refractivity contribution in [3.8, 4) is 5.75 Å². The first-order valence-corrected chi connectivity index (χ1v) is 14.4. The summed E-state index contributed by atoms with van der Waals surface area (Å²) in [6.07, 6.45) is 5.00. The maximum atomic E-state index is 13.0. The number of piperidine rings is 1. The number of aromatic nitrogens is 2. The number of hydrogen-bond acceptors (Lipinski definition) is 9. The number of benzene rings is 1. The molecule has 2 saturated heterocycles. The molecule has 0 unspecified atom stereocenters. The van der Waals surface area contributed by atoms with Crippen LogP contribution in [0.1, 0.15) is 40.0 Å². The second-order valence-corrected chi connectivity index (χ2v) is 11.3. The highest BCUT2D eigenvalue weighted by Crippen LogP contribution is 2.38. The Balaban J connectivity index is 1.30. The largest absolute Gasteiger partial charge is 0.494 e. The Bertz CT molecular complexity index is 1160. The number of nitrogens with one attached hydrogen (secondary N) is 1. The van der Waals surface area contributed by atoms with Crippen LogP contribution in [-0.2, 0) is 4.79 Å². The molecule has 212 valence electrons. The lowest BCUT2D eigenvalue weighted by molar-refractivity contribution is -0.120. The second-order valence-electron chi connectivity index (χ2n) is 11.3. The van der Waals surface area contributed by atoms with E-state index in [0.29, 0.717) is 5.95 Å². The fourth-order valence-electron chi connectivity index (χ4n) is 6.24. The molecular weight excluding hydrogens is 492 g/mol. The van der Waals surface area contributed by atoms with Gasteiger partial charge in [-0.15, -0.1) is 0 Å². The molecular formula is C29H44N8O2. The number of likely N-dealkylation sites (tertiary alicyclic amines) is 1. The number of nitrogens with zero attached hydrogens (tertiary/aromatic N) is 7. The zero-order valence-electron chi connectivity index (χ0n) is 24.4. The first kappa shape index (κ1) is 27.5. The fraction of sp³-hybridized carbons (Fsp3) is 0.621. The number of methoxy groups -OCH3 is 1. The van der Waals surface area contributed by atoms with Crippen molar-refractivity contribution in [1.82, 2.24) is 19.8 Å². The standard InChI is InChI=1S/C29H44N8O2/c1-7-24-28(38)34(5)25-19-30-29(32-27(25)37(24)20(2)3)31-23-9-8-22(18-26(23)39-6)36-16-14-35(15-17-36)21-10-12-33(4)13-11-21/h8-9,18-21,24H,7,10-17H2,1-6H3,(H,30,31,32)/t24-/m1/s1. The molecule has 1 amide bonds. The van der Waals surface area contributed by atoms with Crippen molar-refractivity contribution in [3.63, 3.8) is 0 Å². The van der Waals surface area contributed by atoms with Gasteiger partial charge in [-0.25, -0.2) is 4.98 Å². The van der Waals surface area contributed by atoms with Gasteiger partial charge in [0.25, 0.3) is 0 Å². The van der Waals surface area contributed by atoms with Gasteiger partial charge in [-0.2, -0.15) is 4.98 Å². The molecule has 1 N–H and O–H groups in total. The highest BCUT2D eigenvalue weighted by Gasteiger charge is 2.38. The van der Waals surface area contributed by atoms with Gasteiger partial charge in [0.2, 0.25) is 11.9 Å². The normalized spacial score (nSPS) is 21.5. The molecule has 0 spiro atoms. The fourth-order valence-corrected chi connectivity index (χ4v) is 6.24. The summed E-state index contributed by atoms with van der Waals surface area (Å²) in [5, 5.41) is 3.37. The third-order valence-corrected chi connectivity index (χ3v) is 8.57. The van der Waals surface area contributed by atoms with Crippen LogP contribution in [0.2, 0.25) is 0 Å². The lowest BCUT2D eigenvalue weighted by Gasteiger charge is -2.43. The van der Waals surface area contributed by atoms with E-state index in [2.05, 4.69) is 62.9 Å². The van der Waals surface area contributed by atoms with Gasteiger partial charge in [-0.3, -0.25) is 9.69 Å². The van der Waals surface area contributed by atoms with E-state index in [-0.39, 0.29) is 18.0 Å². The maximum absolute atomic E-state index is 13.0. The number of anilines is 5. The molecule has 10 nitrogen and oxygen atoms in total. The van der Waals surface area contributed by atoms with E-state index in [1.807, 2.05) is 13.0 Å². The summed E-state index contributed by atoms with van der Waals surface area (Å²) in [5.74, 6) is 2.09. The van der Waals surface area contributed by atoms with Crippen molar-refractivity contribution in [1.29, 1.82) is 0 Å². The summed E-state index contributed by atoms with van der Waals surface area (Å²) in [6.45, 7) is 12.9. The van der Waals surface area contributed by atoms with Gasteiger partial charge in [0.05, 0.1) is 19.0 Å². The van der Waals surface area contributed by atoms with E-state index in [0.717, 1.165) is 61.6 Å². The SMILES string of the molecule is CC[C@@H]1C(=O)N(C)c2cnc(Nc3ccc(N4CCN(C5CCN(C)CC5)CC4)cc3OC)nc2N1C(C)C. The van der Waals surface area contributed by atoms with Gasteiger partial charge in [0.15, 0.2) is 5.82 Å². The van der Waals surface area contributed by atoms with Crippen LogP contribution < -0.4 is 24.8 Å². The Hall–Kier alpha value is -3.11. The van der Waals surface area contributed by atoms with Crippen LogP contribution in [0.25, 0.3) is 0 Å². The van der Waals surface area contributed by atoms with E-state index >= 15 is 0 Å². The number of fused-ring (bicyclic) bond motifs is 1. The quantitative estimate of drug-likeness (QED) is 0.573. The topological polar surface area (TPSA) is 80.3 Å². The van der Waals surface area contributed by atoms with Gasteiger partial charge < -0.3 is 29.7 Å². The minimum atomic E-state index is -0.237. The highest BCUT2D eigenvalue weighted by atomic mass is 16.5. The van der Waals surface area contributed by atoms with Crippen LogP contribution in [0.3, 0.4) is 0 Å². The van der Waals surface area contributed by atoms with Crippen LogP contribution in [0, 0.1) is 0 Å². The number of rotatable bonds is 7. The third kappa shape index (κ3) is 5.49. The van der Waals surface area contributed by atoms with Crippen LogP contribution >= 0.6 is 0 Å². The Labute approximate surface area is 232 Å². The first-order valence-electron chi connectivity index (χ1n) is 14.4. The summed E-state index contributed by atoms with van der Waals surface area (Å²) in [7, 11) is 5.72. The van der Waals surface area contributed by atoms with E-state index in [9.17, 15) is 4.79 Å². The molecule has 2 aromatic rings. The smallest absolute Gasteiger partial charge is 0.249 e. The third-order valence-electron chi connectivity index (χ3n) is 8.57. The first-order chi connectivity index (χ1) is 18.8. The minimum Gasteiger partial charge on any atom is -0.494 e. The zero-order chi connectivity index (χ0) is 27.7. The number of piperazine rings is 1. The van der Waals surface area contributed by atoms with Crippen LogP contribution in [0.5, 0.6) is 5.75 Å². The molecule has 5 rings (SSSR count). The van der Waals surface area contributed by atoms with Crippen molar-refractivity contribution in [2.75, 3.05) is 80.5 Å². The Kier molecular flexibility index (Phi) is 8.13. The molecule has 0 bridgehead atoms. The number of hydrogen-bond donors (Lipinski definition) is 1. The molecule has 0 aliphatic carbocycles. The van der Waals surface area contributed by atoms with E-state index in [4.69, 9.17) is 9.72 Å². The minimum absolute atomic E-state index is 0.0763. The Morgan fingerprint density at radius 1 is 1.08 bits per heavy atom. The maximum Gasteiger partial charge on any atom is 0.249 e. The number of carbonyl (C=O) groups is 1. The summed E-state index contributed by atoms with van der Waals surface area (Å²) in [6, 6.07) is 6.91. The molecule has 0 saturated carbocycles. The van der Waals surface area contributed by atoms with E-state index in [1.54, 1.807) is 25.3 Å². The average Bonchev–Trinajstić information content (AvgIpc) is 2.95. The highest BCUT2D eigenvalue weighted by molar-refractivity contribution is 6.04. The number of amides is 1. The lowest BCUT2D eigenvalue weighted by atomic mass is 10.0. The van der Waals surface area contributed by atoms with Gasteiger partial charge in [-0.1, -0.05) is 6.92 Å². The van der Waals surface area contributed by atoms with Crippen LogP contribution in [0.15, 0.2) is 24.4 Å². The predicted octanol–water partition coefficient (Wildman–Crippen LogP) is 3.41. The number of ether oxygens (including phenoxy) is 1. The molecule has 10 heteroatoms. The lowest BCUT2D eigenvalue weighted by Crippen LogP contribution is -2.54.